The Hall–Kier alpha value is -3.59. The molecule has 1 saturated carbocycles. The van der Waals surface area contributed by atoms with E-state index < -0.39 is 0 Å². The third kappa shape index (κ3) is 3.96. The highest BCUT2D eigenvalue weighted by molar-refractivity contribution is 5.95. The van der Waals surface area contributed by atoms with Crippen LogP contribution in [0.3, 0.4) is 0 Å². The van der Waals surface area contributed by atoms with Crippen LogP contribution >= 0.6 is 0 Å². The molecule has 0 bridgehead atoms. The second kappa shape index (κ2) is 9.34. The number of benzene rings is 1. The molecule has 3 aromatic rings. The van der Waals surface area contributed by atoms with E-state index in [2.05, 4.69) is 40.3 Å². The molecule has 6 heteroatoms. The van der Waals surface area contributed by atoms with E-state index in [1.807, 2.05) is 23.1 Å². The summed E-state index contributed by atoms with van der Waals surface area (Å²) in [7, 11) is 0. The Morgan fingerprint density at radius 1 is 1.24 bits per heavy atom. The SMILES string of the molecule is C#CC(=O)N1[C@@H](CCCC)Cc2c([nH]c3ccccc23)[C@@H]1c1ccc(C(=O)NC2CCC2)nc1. The van der Waals surface area contributed by atoms with Gasteiger partial charge in [0.25, 0.3) is 11.8 Å². The van der Waals surface area contributed by atoms with Crippen LogP contribution in [-0.2, 0) is 11.2 Å². The van der Waals surface area contributed by atoms with E-state index in [0.29, 0.717) is 5.69 Å². The number of nitrogens with one attached hydrogen (secondary N) is 2. The molecule has 2 aliphatic rings. The second-order valence-corrected chi connectivity index (χ2v) is 9.40. The number of amides is 2. The Labute approximate surface area is 200 Å². The first kappa shape index (κ1) is 22.2. The van der Waals surface area contributed by atoms with Crippen LogP contribution in [0.15, 0.2) is 42.6 Å². The van der Waals surface area contributed by atoms with E-state index in [1.165, 1.54) is 10.9 Å². The van der Waals surface area contributed by atoms with Gasteiger partial charge < -0.3 is 15.2 Å². The van der Waals surface area contributed by atoms with Gasteiger partial charge in [0.05, 0.1) is 0 Å². The van der Waals surface area contributed by atoms with Crippen LogP contribution in [0, 0.1) is 12.3 Å². The van der Waals surface area contributed by atoms with Crippen LogP contribution in [0.1, 0.15) is 78.8 Å². The number of hydrogen-bond acceptors (Lipinski definition) is 3. The summed E-state index contributed by atoms with van der Waals surface area (Å²) in [4.78, 5) is 35.5. The Kier molecular flexibility index (Phi) is 6.10. The Balaban J connectivity index is 1.56. The largest absolute Gasteiger partial charge is 0.356 e. The topological polar surface area (TPSA) is 78.1 Å². The molecule has 5 rings (SSSR count). The van der Waals surface area contributed by atoms with Crippen molar-refractivity contribution in [2.24, 2.45) is 0 Å². The zero-order valence-corrected chi connectivity index (χ0v) is 19.5. The maximum atomic E-state index is 13.1. The van der Waals surface area contributed by atoms with Gasteiger partial charge in [-0.25, -0.2) is 0 Å². The van der Waals surface area contributed by atoms with Crippen molar-refractivity contribution < 1.29 is 9.59 Å². The van der Waals surface area contributed by atoms with Gasteiger partial charge in [-0.05, 0) is 61.3 Å². The minimum Gasteiger partial charge on any atom is -0.356 e. The van der Waals surface area contributed by atoms with Crippen LogP contribution in [0.2, 0.25) is 0 Å². The highest BCUT2D eigenvalue weighted by Gasteiger charge is 2.39. The highest BCUT2D eigenvalue weighted by atomic mass is 16.2. The summed E-state index contributed by atoms with van der Waals surface area (Å²) in [6.07, 6.45) is 14.3. The number of carbonyl (C=O) groups excluding carboxylic acids is 2. The minimum atomic E-state index is -0.377. The maximum absolute atomic E-state index is 13.1. The number of aromatic amines is 1. The molecule has 0 spiro atoms. The van der Waals surface area contributed by atoms with E-state index in [9.17, 15) is 9.59 Å². The van der Waals surface area contributed by atoms with Crippen molar-refractivity contribution in [2.45, 2.75) is 70.0 Å². The molecule has 0 saturated heterocycles. The highest BCUT2D eigenvalue weighted by Crippen LogP contribution is 2.41. The number of rotatable bonds is 6. The Morgan fingerprint density at radius 3 is 2.74 bits per heavy atom. The van der Waals surface area contributed by atoms with Gasteiger partial charge in [0.2, 0.25) is 0 Å². The number of carbonyl (C=O) groups is 2. The standard InChI is InChI=1S/C28H30N4O2/c1-3-5-11-20-16-22-21-12-6-7-13-23(21)31-26(22)27(32(20)25(33)4-2)18-14-15-24(29-17-18)28(34)30-19-9-8-10-19/h2,6-7,12-15,17,19-20,27,31H,3,5,8-11,16H2,1H3,(H,30,34)/t20-,27-/m0/s1. The molecule has 1 aliphatic carbocycles. The third-order valence-corrected chi connectivity index (χ3v) is 7.26. The molecule has 2 amide bonds. The van der Waals surface area contributed by atoms with E-state index in [-0.39, 0.29) is 29.9 Å². The van der Waals surface area contributed by atoms with Crippen molar-refractivity contribution in [3.63, 3.8) is 0 Å². The van der Waals surface area contributed by atoms with Gasteiger partial charge in [0.1, 0.15) is 11.7 Å². The molecule has 174 valence electrons. The van der Waals surface area contributed by atoms with Crippen molar-refractivity contribution in [1.82, 2.24) is 20.2 Å². The molecule has 2 atom stereocenters. The van der Waals surface area contributed by atoms with E-state index in [0.717, 1.165) is 61.7 Å². The fourth-order valence-corrected chi connectivity index (χ4v) is 5.24. The van der Waals surface area contributed by atoms with E-state index >= 15 is 0 Å². The number of hydrogen-bond donors (Lipinski definition) is 2. The lowest BCUT2D eigenvalue weighted by Crippen LogP contribution is -2.47. The second-order valence-electron chi connectivity index (χ2n) is 9.40. The van der Waals surface area contributed by atoms with Crippen LogP contribution in [0.25, 0.3) is 10.9 Å². The summed E-state index contributed by atoms with van der Waals surface area (Å²) in [5, 5.41) is 4.21. The quantitative estimate of drug-likeness (QED) is 0.538. The fraction of sp³-hybridized carbons (Fsp3) is 0.393. The fourth-order valence-electron chi connectivity index (χ4n) is 5.24. The number of H-pyrrole nitrogens is 1. The number of unbranched alkanes of at least 4 members (excludes halogenated alkanes) is 1. The molecule has 2 aromatic heterocycles. The average Bonchev–Trinajstić information content (AvgIpc) is 3.21. The van der Waals surface area contributed by atoms with Gasteiger partial charge in [-0.2, -0.15) is 0 Å². The van der Waals surface area contributed by atoms with Gasteiger partial charge in [0.15, 0.2) is 0 Å². The molecular weight excluding hydrogens is 424 g/mol. The van der Waals surface area contributed by atoms with Crippen molar-refractivity contribution in [2.75, 3.05) is 0 Å². The molecular formula is C28H30N4O2. The van der Waals surface area contributed by atoms with E-state index in [1.54, 1.807) is 12.3 Å². The van der Waals surface area contributed by atoms with Gasteiger partial charge in [0, 0.05) is 34.9 Å². The zero-order chi connectivity index (χ0) is 23.7. The number of nitrogens with zero attached hydrogens (tertiary/aromatic N) is 2. The Bertz CT molecular complexity index is 1250. The molecule has 6 nitrogen and oxygen atoms in total. The lowest BCUT2D eigenvalue weighted by Gasteiger charge is -2.41. The first-order valence-corrected chi connectivity index (χ1v) is 12.3. The van der Waals surface area contributed by atoms with Gasteiger partial charge in [-0.15, -0.1) is 6.42 Å². The summed E-state index contributed by atoms with van der Waals surface area (Å²) in [5.41, 5.74) is 4.49. The average molecular weight is 455 g/mol. The minimum absolute atomic E-state index is 0.00166. The molecule has 2 N–H and O–H groups in total. The summed E-state index contributed by atoms with van der Waals surface area (Å²) in [6.45, 7) is 2.15. The molecule has 0 unspecified atom stereocenters. The smallest absolute Gasteiger partial charge is 0.299 e. The van der Waals surface area contributed by atoms with E-state index in [4.69, 9.17) is 6.42 Å². The lowest BCUT2D eigenvalue weighted by atomic mass is 9.86. The normalized spacial score (nSPS) is 19.8. The molecule has 1 fully saturated rings. The zero-order valence-electron chi connectivity index (χ0n) is 19.5. The van der Waals surface area contributed by atoms with Crippen molar-refractivity contribution in [3.8, 4) is 12.3 Å². The number of para-hydroxylation sites is 1. The monoisotopic (exact) mass is 454 g/mol. The van der Waals surface area contributed by atoms with Gasteiger partial charge in [-0.1, -0.05) is 44.0 Å². The van der Waals surface area contributed by atoms with Crippen LogP contribution in [-0.4, -0.2) is 38.8 Å². The molecule has 1 aliphatic heterocycles. The van der Waals surface area contributed by atoms with Gasteiger partial charge in [-0.3, -0.25) is 14.6 Å². The van der Waals surface area contributed by atoms with Crippen molar-refractivity contribution >= 4 is 22.7 Å². The number of fused-ring (bicyclic) bond motifs is 3. The van der Waals surface area contributed by atoms with Crippen LogP contribution < -0.4 is 5.32 Å². The molecule has 1 aromatic carbocycles. The predicted octanol–water partition coefficient (Wildman–Crippen LogP) is 4.51. The molecule has 34 heavy (non-hydrogen) atoms. The lowest BCUT2D eigenvalue weighted by molar-refractivity contribution is -0.130. The summed E-state index contributed by atoms with van der Waals surface area (Å²) < 4.78 is 0. The first-order chi connectivity index (χ1) is 16.6. The summed E-state index contributed by atoms with van der Waals surface area (Å²) in [5.74, 6) is 1.89. The first-order valence-electron chi connectivity index (χ1n) is 12.3. The number of terminal acetylenes is 1. The molecule has 3 heterocycles. The maximum Gasteiger partial charge on any atom is 0.299 e. The van der Waals surface area contributed by atoms with Gasteiger partial charge >= 0.3 is 0 Å². The van der Waals surface area contributed by atoms with Crippen molar-refractivity contribution in [1.29, 1.82) is 0 Å². The van der Waals surface area contributed by atoms with Crippen molar-refractivity contribution in [3.05, 3.63) is 65.1 Å². The van der Waals surface area contributed by atoms with Crippen LogP contribution in [0.5, 0.6) is 0 Å². The summed E-state index contributed by atoms with van der Waals surface area (Å²) in [6, 6.07) is 11.8. The van der Waals surface area contributed by atoms with Crippen LogP contribution in [0.4, 0.5) is 0 Å². The Morgan fingerprint density at radius 2 is 2.06 bits per heavy atom. The number of pyridine rings is 1. The molecule has 0 radical (unpaired) electrons. The number of aromatic nitrogens is 2. The summed E-state index contributed by atoms with van der Waals surface area (Å²) >= 11 is 0. The third-order valence-electron chi connectivity index (χ3n) is 7.26. The predicted molar refractivity (Wildman–Crippen MR) is 132 cm³/mol.